The van der Waals surface area contributed by atoms with E-state index in [9.17, 15) is 14.4 Å². The smallest absolute Gasteiger partial charge is 0.346 e. The number of nitriles is 1. The van der Waals surface area contributed by atoms with Gasteiger partial charge in [0.25, 0.3) is 0 Å². The zero-order valence-corrected chi connectivity index (χ0v) is 16.1. The summed E-state index contributed by atoms with van der Waals surface area (Å²) in [7, 11) is 0. The van der Waals surface area contributed by atoms with E-state index in [0.29, 0.717) is 24.5 Å². The minimum atomic E-state index is -0.484. The van der Waals surface area contributed by atoms with Crippen molar-refractivity contribution in [1.29, 1.82) is 5.26 Å². The molecule has 29 heavy (non-hydrogen) atoms. The molecule has 2 atom stereocenters. The van der Waals surface area contributed by atoms with E-state index in [1.807, 2.05) is 31.2 Å². The second kappa shape index (κ2) is 8.02. The average molecular weight is 392 g/mol. The molecule has 0 spiro atoms. The Hall–Kier alpha value is -3.24. The first-order valence-corrected chi connectivity index (χ1v) is 9.65. The molecule has 7 heteroatoms. The summed E-state index contributed by atoms with van der Waals surface area (Å²) in [6, 6.07) is 16.0. The quantitative estimate of drug-likeness (QED) is 0.667. The monoisotopic (exact) mass is 392 g/mol. The standard InChI is InChI=1S/C22H21FN4O2/c1-2-26-21(20-19(10-11-29-20)15-6-4-3-5-7-15)25-27(22(26)28)14-16-8-9-18(23)12-17(16)13-24/h3-9,12,19-20H,2,10-11,14H2,1H3/t19-,20-/m0/s1. The van der Waals surface area contributed by atoms with Gasteiger partial charge in [0.05, 0.1) is 18.2 Å². The van der Waals surface area contributed by atoms with Crippen LogP contribution in [0.4, 0.5) is 4.39 Å². The number of hydrogen-bond acceptors (Lipinski definition) is 4. The van der Waals surface area contributed by atoms with Crippen molar-refractivity contribution in [3.8, 4) is 6.07 Å². The van der Waals surface area contributed by atoms with Gasteiger partial charge in [0.15, 0.2) is 5.82 Å². The summed E-state index contributed by atoms with van der Waals surface area (Å²) < 4.78 is 22.4. The number of hydrogen-bond donors (Lipinski definition) is 0. The van der Waals surface area contributed by atoms with E-state index >= 15 is 0 Å². The van der Waals surface area contributed by atoms with Crippen LogP contribution in [0.15, 0.2) is 53.3 Å². The molecular formula is C22H21FN4O2. The molecular weight excluding hydrogens is 371 g/mol. The molecule has 1 aromatic heterocycles. The van der Waals surface area contributed by atoms with Gasteiger partial charge in [0.1, 0.15) is 11.9 Å². The van der Waals surface area contributed by atoms with Crippen LogP contribution in [-0.4, -0.2) is 21.0 Å². The van der Waals surface area contributed by atoms with Gasteiger partial charge in [-0.05, 0) is 36.6 Å². The van der Waals surface area contributed by atoms with Crippen molar-refractivity contribution in [2.75, 3.05) is 6.61 Å². The van der Waals surface area contributed by atoms with Crippen molar-refractivity contribution in [3.63, 3.8) is 0 Å². The van der Waals surface area contributed by atoms with Crippen LogP contribution >= 0.6 is 0 Å². The van der Waals surface area contributed by atoms with Crippen LogP contribution in [0.1, 0.15) is 47.9 Å². The zero-order chi connectivity index (χ0) is 20.4. The lowest BCUT2D eigenvalue weighted by molar-refractivity contribution is 0.0934. The Labute approximate surface area is 167 Å². The maximum Gasteiger partial charge on any atom is 0.346 e. The van der Waals surface area contributed by atoms with E-state index in [-0.39, 0.29) is 29.8 Å². The lowest BCUT2D eigenvalue weighted by Crippen LogP contribution is -2.26. The van der Waals surface area contributed by atoms with Crippen molar-refractivity contribution >= 4 is 0 Å². The molecule has 1 aliphatic heterocycles. The Bertz CT molecular complexity index is 1110. The fourth-order valence-corrected chi connectivity index (χ4v) is 3.91. The molecule has 4 rings (SSSR count). The number of halogens is 1. The van der Waals surface area contributed by atoms with Crippen LogP contribution in [0.2, 0.25) is 0 Å². The number of ether oxygens (including phenoxy) is 1. The Morgan fingerprint density at radius 2 is 2.07 bits per heavy atom. The SMILES string of the molecule is CCn1c([C@H]2OCC[C@H]2c2ccccc2)nn(Cc2ccc(F)cc2C#N)c1=O. The van der Waals surface area contributed by atoms with Gasteiger partial charge in [0, 0.05) is 19.1 Å². The summed E-state index contributed by atoms with van der Waals surface area (Å²) in [6.45, 7) is 3.06. The highest BCUT2D eigenvalue weighted by Crippen LogP contribution is 2.40. The first-order chi connectivity index (χ1) is 14.1. The molecule has 6 nitrogen and oxygen atoms in total. The van der Waals surface area contributed by atoms with Crippen LogP contribution in [0, 0.1) is 17.1 Å². The molecule has 1 fully saturated rings. The Morgan fingerprint density at radius 3 is 2.79 bits per heavy atom. The molecule has 0 saturated carbocycles. The van der Waals surface area contributed by atoms with Gasteiger partial charge in [0.2, 0.25) is 0 Å². The fraction of sp³-hybridized carbons (Fsp3) is 0.318. The van der Waals surface area contributed by atoms with E-state index < -0.39 is 5.82 Å². The molecule has 0 bridgehead atoms. The fourth-order valence-electron chi connectivity index (χ4n) is 3.91. The predicted molar refractivity (Wildman–Crippen MR) is 105 cm³/mol. The van der Waals surface area contributed by atoms with Gasteiger partial charge >= 0.3 is 5.69 Å². The zero-order valence-electron chi connectivity index (χ0n) is 16.1. The predicted octanol–water partition coefficient (Wildman–Crippen LogP) is 3.37. The molecule has 0 amide bonds. The van der Waals surface area contributed by atoms with Gasteiger partial charge in [-0.25, -0.2) is 13.9 Å². The van der Waals surface area contributed by atoms with Crippen molar-refractivity contribution < 1.29 is 9.13 Å². The third-order valence-corrected chi connectivity index (χ3v) is 5.35. The third kappa shape index (κ3) is 3.59. The van der Waals surface area contributed by atoms with E-state index in [2.05, 4.69) is 17.2 Å². The molecule has 1 aliphatic rings. The Morgan fingerprint density at radius 1 is 1.28 bits per heavy atom. The topological polar surface area (TPSA) is 72.8 Å². The Balaban J connectivity index is 1.71. The minimum Gasteiger partial charge on any atom is -0.370 e. The largest absolute Gasteiger partial charge is 0.370 e. The van der Waals surface area contributed by atoms with E-state index in [0.717, 1.165) is 12.0 Å². The first-order valence-electron chi connectivity index (χ1n) is 9.65. The number of nitrogens with zero attached hydrogens (tertiary/aromatic N) is 4. The lowest BCUT2D eigenvalue weighted by atomic mass is 9.92. The molecule has 3 aromatic rings. The molecule has 2 aromatic carbocycles. The lowest BCUT2D eigenvalue weighted by Gasteiger charge is -2.18. The van der Waals surface area contributed by atoms with Crippen LogP contribution < -0.4 is 5.69 Å². The number of benzene rings is 2. The van der Waals surface area contributed by atoms with Gasteiger partial charge in [-0.2, -0.15) is 10.4 Å². The van der Waals surface area contributed by atoms with Crippen LogP contribution in [0.25, 0.3) is 0 Å². The normalized spacial score (nSPS) is 18.7. The summed E-state index contributed by atoms with van der Waals surface area (Å²) in [5.74, 6) is 0.226. The van der Waals surface area contributed by atoms with Crippen molar-refractivity contribution in [2.24, 2.45) is 0 Å². The summed E-state index contributed by atoms with van der Waals surface area (Å²) in [4.78, 5) is 12.9. The molecule has 1 saturated heterocycles. The second-order valence-electron chi connectivity index (χ2n) is 7.05. The van der Waals surface area contributed by atoms with Gasteiger partial charge in [-0.3, -0.25) is 4.57 Å². The summed E-state index contributed by atoms with van der Waals surface area (Å²) >= 11 is 0. The maximum atomic E-state index is 13.4. The number of rotatable bonds is 5. The van der Waals surface area contributed by atoms with Gasteiger partial charge in [-0.1, -0.05) is 36.4 Å². The molecule has 2 heterocycles. The van der Waals surface area contributed by atoms with Crippen LogP contribution in [0.5, 0.6) is 0 Å². The highest BCUT2D eigenvalue weighted by atomic mass is 19.1. The van der Waals surface area contributed by atoms with Crippen molar-refractivity contribution in [2.45, 2.75) is 38.5 Å². The number of aromatic nitrogens is 3. The van der Waals surface area contributed by atoms with Crippen LogP contribution in [-0.2, 0) is 17.8 Å². The first kappa shape index (κ1) is 19.1. The highest BCUT2D eigenvalue weighted by Gasteiger charge is 2.35. The van der Waals surface area contributed by atoms with Gasteiger partial charge < -0.3 is 4.74 Å². The highest BCUT2D eigenvalue weighted by molar-refractivity contribution is 5.38. The second-order valence-corrected chi connectivity index (χ2v) is 7.05. The van der Waals surface area contributed by atoms with Crippen molar-refractivity contribution in [3.05, 3.63) is 87.3 Å². The summed E-state index contributed by atoms with van der Waals surface area (Å²) in [5.41, 5.74) is 1.64. The molecule has 0 N–H and O–H groups in total. The molecule has 0 unspecified atom stereocenters. The van der Waals surface area contributed by atoms with Crippen molar-refractivity contribution in [1.82, 2.24) is 14.3 Å². The maximum absolute atomic E-state index is 13.4. The van der Waals surface area contributed by atoms with Gasteiger partial charge in [-0.15, -0.1) is 0 Å². The molecule has 0 aliphatic carbocycles. The van der Waals surface area contributed by atoms with Crippen LogP contribution in [0.3, 0.4) is 0 Å². The molecule has 148 valence electrons. The third-order valence-electron chi connectivity index (χ3n) is 5.35. The van der Waals surface area contributed by atoms with E-state index in [4.69, 9.17) is 4.74 Å². The molecule has 0 radical (unpaired) electrons. The van der Waals surface area contributed by atoms with E-state index in [1.54, 1.807) is 4.57 Å². The summed E-state index contributed by atoms with van der Waals surface area (Å²) in [5, 5.41) is 13.9. The average Bonchev–Trinajstić information content (AvgIpc) is 3.34. The minimum absolute atomic E-state index is 0.102. The summed E-state index contributed by atoms with van der Waals surface area (Å²) in [6.07, 6.45) is 0.547. The Kier molecular flexibility index (Phi) is 5.28. The van der Waals surface area contributed by atoms with E-state index in [1.165, 1.54) is 22.9 Å².